The van der Waals surface area contributed by atoms with Gasteiger partial charge in [0.25, 0.3) is 0 Å². The highest BCUT2D eigenvalue weighted by molar-refractivity contribution is 9.10. The summed E-state index contributed by atoms with van der Waals surface area (Å²) in [5, 5.41) is 3.85. The molecular weight excluding hydrogens is 411 g/mol. The fourth-order valence-corrected chi connectivity index (χ4v) is 2.94. The van der Waals surface area contributed by atoms with E-state index in [9.17, 15) is 4.57 Å². The van der Waals surface area contributed by atoms with Crippen LogP contribution in [0.15, 0.2) is 47.2 Å². The summed E-state index contributed by atoms with van der Waals surface area (Å²) in [6, 6.07) is 9.55. The summed E-state index contributed by atoms with van der Waals surface area (Å²) in [6.45, 7) is 1.93. The summed E-state index contributed by atoms with van der Waals surface area (Å²) >= 11 is 9.18. The lowest BCUT2D eigenvalue weighted by Crippen LogP contribution is -2.05. The maximum atomic E-state index is 11.6. The molecule has 0 aliphatic carbocycles. The number of hydrogen-bond acceptors (Lipinski definition) is 5. The smallest absolute Gasteiger partial charge is 0.224 e. The van der Waals surface area contributed by atoms with E-state index >= 15 is 0 Å². The van der Waals surface area contributed by atoms with Crippen LogP contribution in [-0.2, 0) is 4.57 Å². The third-order valence-corrected chi connectivity index (χ3v) is 4.64. The highest BCUT2D eigenvalue weighted by Gasteiger charge is 2.10. The predicted octanol–water partition coefficient (Wildman–Crippen LogP) is 4.92. The van der Waals surface area contributed by atoms with Crippen molar-refractivity contribution >= 4 is 52.8 Å². The number of hydrogen-bond donors (Lipinski definition) is 1. The summed E-state index contributed by atoms with van der Waals surface area (Å²) in [4.78, 5) is 12.3. The highest BCUT2D eigenvalue weighted by Crippen LogP contribution is 2.27. The number of aryl methyl sites for hydroxylation is 1. The van der Waals surface area contributed by atoms with Crippen LogP contribution >= 0.6 is 36.0 Å². The zero-order valence-corrected chi connectivity index (χ0v) is 15.7. The Morgan fingerprint density at radius 1 is 1.12 bits per heavy atom. The van der Waals surface area contributed by atoms with Gasteiger partial charge in [-0.25, -0.2) is 4.98 Å². The second-order valence-electron chi connectivity index (χ2n) is 4.97. The van der Waals surface area contributed by atoms with Gasteiger partial charge < -0.3 is 5.32 Å². The van der Waals surface area contributed by atoms with Gasteiger partial charge in [-0.3, -0.25) is 9.55 Å². The van der Waals surface area contributed by atoms with Gasteiger partial charge in [0.05, 0.1) is 15.5 Å². The van der Waals surface area contributed by atoms with Crippen LogP contribution < -0.4 is 10.6 Å². The molecule has 0 aliphatic rings. The van der Waals surface area contributed by atoms with Crippen molar-refractivity contribution in [3.8, 4) is 11.1 Å². The molecule has 8 heteroatoms. The number of rotatable bonds is 4. The highest BCUT2D eigenvalue weighted by atomic mass is 79.9. The molecule has 0 atom stereocenters. The Bertz CT molecular complexity index is 905. The Labute approximate surface area is 153 Å². The van der Waals surface area contributed by atoms with Gasteiger partial charge in [-0.15, -0.1) is 0 Å². The molecule has 5 nitrogen and oxygen atoms in total. The molecule has 0 unspecified atom stereocenters. The van der Waals surface area contributed by atoms with Crippen LogP contribution in [0.25, 0.3) is 11.1 Å². The molecule has 1 N–H and O–H groups in total. The third-order valence-electron chi connectivity index (χ3n) is 3.31. The summed E-state index contributed by atoms with van der Waals surface area (Å²) in [5.74, 6) is 0.504. The number of nitrogens with one attached hydrogen (secondary N) is 1. The number of aromatic nitrogens is 3. The zero-order chi connectivity index (χ0) is 17.1. The van der Waals surface area contributed by atoms with E-state index in [2.05, 4.69) is 36.2 Å². The number of nitrogens with zero attached hydrogens (tertiary/aromatic N) is 3. The first-order valence-corrected chi connectivity index (χ1v) is 8.90. The van der Waals surface area contributed by atoms with Gasteiger partial charge in [-0.05, 0) is 58.2 Å². The van der Waals surface area contributed by atoms with E-state index < -0.39 is 0 Å². The van der Waals surface area contributed by atoms with Gasteiger partial charge >= 0.3 is 0 Å². The molecular formula is C16H11BrClN4OP. The number of halogens is 2. The maximum Gasteiger partial charge on any atom is 0.224 e. The van der Waals surface area contributed by atoms with Gasteiger partial charge in [0.15, 0.2) is 8.46 Å². The Hall–Kier alpha value is -1.88. The van der Waals surface area contributed by atoms with Crippen LogP contribution in [0.2, 0.25) is 5.28 Å². The summed E-state index contributed by atoms with van der Waals surface area (Å²) < 4.78 is 12.2. The van der Waals surface area contributed by atoms with Crippen LogP contribution in [0, 0.1) is 6.92 Å². The molecule has 2 heterocycles. The van der Waals surface area contributed by atoms with Crippen molar-refractivity contribution < 1.29 is 4.57 Å². The fourth-order valence-electron chi connectivity index (χ4n) is 2.09. The zero-order valence-electron chi connectivity index (χ0n) is 12.5. The van der Waals surface area contributed by atoms with Crippen molar-refractivity contribution in [1.29, 1.82) is 0 Å². The average molecular weight is 422 g/mol. The fraction of sp³-hybridized carbons (Fsp3) is 0.0625. The SMILES string of the molecule is Cc1ccc(-c2ccc(Nc3nc(Cl)ncc3Br)c(P=O)c2)cn1. The van der Waals surface area contributed by atoms with E-state index in [1.54, 1.807) is 12.4 Å². The van der Waals surface area contributed by atoms with E-state index in [0.29, 0.717) is 21.3 Å². The minimum Gasteiger partial charge on any atom is -0.338 e. The quantitative estimate of drug-likeness (QED) is 0.478. The Morgan fingerprint density at radius 2 is 1.92 bits per heavy atom. The van der Waals surface area contributed by atoms with Crippen molar-refractivity contribution in [2.24, 2.45) is 0 Å². The maximum absolute atomic E-state index is 11.6. The van der Waals surface area contributed by atoms with E-state index in [0.717, 1.165) is 16.8 Å². The van der Waals surface area contributed by atoms with Gasteiger partial charge in [-0.2, -0.15) is 4.98 Å². The van der Waals surface area contributed by atoms with Gasteiger partial charge in [0.2, 0.25) is 5.28 Å². The molecule has 0 amide bonds. The molecule has 0 aliphatic heterocycles. The number of pyridine rings is 1. The van der Waals surface area contributed by atoms with E-state index in [1.165, 1.54) is 0 Å². The standard InChI is InChI=1S/C16H11BrClN4OP/c1-9-2-3-11(7-19-9)10-4-5-13(14(6-10)24-23)21-15-12(17)8-20-16(18)22-15/h2-8H,1H3,(H,20,21,22). The van der Waals surface area contributed by atoms with Crippen molar-refractivity contribution in [3.63, 3.8) is 0 Å². The molecule has 3 aromatic rings. The van der Waals surface area contributed by atoms with Crippen molar-refractivity contribution in [2.75, 3.05) is 5.32 Å². The minimum absolute atomic E-state index is 0.0995. The van der Waals surface area contributed by atoms with Crippen molar-refractivity contribution in [1.82, 2.24) is 15.0 Å². The topological polar surface area (TPSA) is 67.8 Å². The average Bonchev–Trinajstić information content (AvgIpc) is 2.59. The predicted molar refractivity (Wildman–Crippen MR) is 99.7 cm³/mol. The Morgan fingerprint density at radius 3 is 2.62 bits per heavy atom. The lowest BCUT2D eigenvalue weighted by atomic mass is 10.1. The number of benzene rings is 1. The lowest BCUT2D eigenvalue weighted by molar-refractivity contribution is 0.603. The second kappa shape index (κ2) is 7.34. The molecule has 0 radical (unpaired) electrons. The first-order chi connectivity index (χ1) is 11.6. The monoisotopic (exact) mass is 420 g/mol. The first kappa shape index (κ1) is 17.0. The van der Waals surface area contributed by atoms with Crippen LogP contribution in [0.5, 0.6) is 0 Å². The summed E-state index contributed by atoms with van der Waals surface area (Å²) in [6.07, 6.45) is 3.35. The molecule has 2 aromatic heterocycles. The van der Waals surface area contributed by atoms with Crippen LogP contribution in [0.4, 0.5) is 11.5 Å². The second-order valence-corrected chi connectivity index (χ2v) is 6.83. The van der Waals surface area contributed by atoms with Crippen LogP contribution in [0.1, 0.15) is 5.69 Å². The van der Waals surface area contributed by atoms with Gasteiger partial charge in [0.1, 0.15) is 5.82 Å². The minimum atomic E-state index is -0.0995. The Kier molecular flexibility index (Phi) is 5.19. The summed E-state index contributed by atoms with van der Waals surface area (Å²) in [7, 11) is -0.0995. The molecule has 0 bridgehead atoms. The van der Waals surface area contributed by atoms with Crippen molar-refractivity contribution in [2.45, 2.75) is 6.92 Å². The van der Waals surface area contributed by atoms with E-state index in [4.69, 9.17) is 11.6 Å². The van der Waals surface area contributed by atoms with Gasteiger partial charge in [-0.1, -0.05) is 12.1 Å². The summed E-state index contributed by atoms with van der Waals surface area (Å²) in [5.41, 5.74) is 3.52. The lowest BCUT2D eigenvalue weighted by Gasteiger charge is -2.11. The molecule has 120 valence electrons. The molecule has 3 rings (SSSR count). The molecule has 0 saturated heterocycles. The molecule has 1 aromatic carbocycles. The molecule has 0 fully saturated rings. The third kappa shape index (κ3) is 3.78. The van der Waals surface area contributed by atoms with E-state index in [-0.39, 0.29) is 13.7 Å². The normalized spacial score (nSPS) is 10.8. The molecule has 0 saturated carbocycles. The first-order valence-electron chi connectivity index (χ1n) is 6.92. The largest absolute Gasteiger partial charge is 0.338 e. The van der Waals surface area contributed by atoms with Crippen molar-refractivity contribution in [3.05, 3.63) is 58.2 Å². The van der Waals surface area contributed by atoms with Crippen LogP contribution in [0.3, 0.4) is 0 Å². The van der Waals surface area contributed by atoms with Crippen LogP contribution in [-0.4, -0.2) is 15.0 Å². The van der Waals surface area contributed by atoms with Gasteiger partial charge in [0, 0.05) is 23.7 Å². The molecule has 24 heavy (non-hydrogen) atoms. The van der Waals surface area contributed by atoms with E-state index in [1.807, 2.05) is 37.3 Å². The molecule has 0 spiro atoms. The number of anilines is 2. The Balaban J connectivity index is 1.96.